The summed E-state index contributed by atoms with van der Waals surface area (Å²) in [6.45, 7) is 4.77. The second-order valence-corrected chi connectivity index (χ2v) is 6.80. The first-order valence-corrected chi connectivity index (χ1v) is 8.19. The minimum atomic E-state index is 0.189. The fourth-order valence-electron chi connectivity index (χ4n) is 3.94. The van der Waals surface area contributed by atoms with Gasteiger partial charge >= 0.3 is 0 Å². The molecule has 1 atom stereocenters. The highest BCUT2D eigenvalue weighted by Gasteiger charge is 2.43. The van der Waals surface area contributed by atoms with Crippen molar-refractivity contribution < 1.29 is 19.0 Å². The van der Waals surface area contributed by atoms with Gasteiger partial charge in [-0.25, -0.2) is 0 Å². The van der Waals surface area contributed by atoms with Crippen LogP contribution in [0.15, 0.2) is 0 Å². The van der Waals surface area contributed by atoms with Crippen LogP contribution in [0, 0.1) is 11.3 Å². The molecule has 0 saturated carbocycles. The van der Waals surface area contributed by atoms with Gasteiger partial charge in [0, 0.05) is 39.3 Å². The zero-order valence-corrected chi connectivity index (χ0v) is 13.0. The van der Waals surface area contributed by atoms with Crippen molar-refractivity contribution in [2.45, 2.75) is 38.2 Å². The first-order chi connectivity index (χ1) is 10.2. The van der Waals surface area contributed by atoms with E-state index in [1.54, 1.807) is 7.11 Å². The highest BCUT2D eigenvalue weighted by Crippen LogP contribution is 2.42. The lowest BCUT2D eigenvalue weighted by molar-refractivity contribution is -0.140. The number of carbonyl (C=O) groups is 1. The van der Waals surface area contributed by atoms with Crippen LogP contribution in [0.5, 0.6) is 0 Å². The van der Waals surface area contributed by atoms with Crippen molar-refractivity contribution in [1.29, 1.82) is 0 Å². The molecule has 0 bridgehead atoms. The van der Waals surface area contributed by atoms with Crippen molar-refractivity contribution in [3.63, 3.8) is 0 Å². The molecule has 5 heteroatoms. The van der Waals surface area contributed by atoms with Crippen LogP contribution in [-0.4, -0.2) is 63.5 Å². The molecule has 3 heterocycles. The van der Waals surface area contributed by atoms with Crippen LogP contribution in [-0.2, 0) is 19.0 Å². The Hall–Kier alpha value is -0.650. The average Bonchev–Trinajstić information content (AvgIpc) is 2.91. The molecule has 0 N–H and O–H groups in total. The van der Waals surface area contributed by atoms with E-state index in [2.05, 4.69) is 4.90 Å². The molecule has 3 aliphatic heterocycles. The SMILES string of the molecule is COC[C@H]1CC2(CCN(C(=O)C3CCOCC3)CC2)CO1. The zero-order chi connectivity index (χ0) is 14.7. The van der Waals surface area contributed by atoms with Gasteiger partial charge in [0.15, 0.2) is 0 Å². The van der Waals surface area contributed by atoms with E-state index in [0.717, 1.165) is 65.0 Å². The number of hydrogen-bond acceptors (Lipinski definition) is 4. The fourth-order valence-corrected chi connectivity index (χ4v) is 3.94. The Balaban J connectivity index is 1.49. The number of methoxy groups -OCH3 is 1. The monoisotopic (exact) mass is 297 g/mol. The predicted octanol–water partition coefficient (Wildman–Crippen LogP) is 1.46. The highest BCUT2D eigenvalue weighted by molar-refractivity contribution is 5.79. The largest absolute Gasteiger partial charge is 0.382 e. The topological polar surface area (TPSA) is 48.0 Å². The summed E-state index contributed by atoms with van der Waals surface area (Å²) in [4.78, 5) is 14.6. The van der Waals surface area contributed by atoms with Crippen molar-refractivity contribution in [2.24, 2.45) is 11.3 Å². The summed E-state index contributed by atoms with van der Waals surface area (Å²) in [6.07, 6.45) is 5.25. The van der Waals surface area contributed by atoms with E-state index >= 15 is 0 Å². The van der Waals surface area contributed by atoms with E-state index in [1.807, 2.05) is 0 Å². The second-order valence-electron chi connectivity index (χ2n) is 6.80. The van der Waals surface area contributed by atoms with Crippen molar-refractivity contribution in [3.05, 3.63) is 0 Å². The van der Waals surface area contributed by atoms with Crippen LogP contribution < -0.4 is 0 Å². The molecule has 3 aliphatic rings. The van der Waals surface area contributed by atoms with Crippen LogP contribution >= 0.6 is 0 Å². The van der Waals surface area contributed by atoms with E-state index in [0.29, 0.717) is 12.5 Å². The van der Waals surface area contributed by atoms with Crippen LogP contribution in [0.4, 0.5) is 0 Å². The molecule has 3 saturated heterocycles. The fraction of sp³-hybridized carbons (Fsp3) is 0.938. The standard InChI is InChI=1S/C16H27NO4/c1-19-11-14-10-16(12-21-14)4-6-17(7-5-16)15(18)13-2-8-20-9-3-13/h13-14H,2-12H2,1H3/t14-/m1/s1. The summed E-state index contributed by atoms with van der Waals surface area (Å²) in [7, 11) is 1.73. The van der Waals surface area contributed by atoms with Crippen molar-refractivity contribution in [3.8, 4) is 0 Å². The molecule has 5 nitrogen and oxygen atoms in total. The summed E-state index contributed by atoms with van der Waals surface area (Å²) in [5.74, 6) is 0.536. The van der Waals surface area contributed by atoms with Gasteiger partial charge in [-0.3, -0.25) is 4.79 Å². The Morgan fingerprint density at radius 2 is 2.00 bits per heavy atom. The number of ether oxygens (including phenoxy) is 3. The molecule has 0 radical (unpaired) electrons. The predicted molar refractivity (Wildman–Crippen MR) is 78.0 cm³/mol. The second kappa shape index (κ2) is 6.63. The number of amides is 1. The summed E-state index contributed by atoms with van der Waals surface area (Å²) in [5, 5.41) is 0. The lowest BCUT2D eigenvalue weighted by atomic mass is 9.76. The van der Waals surface area contributed by atoms with E-state index in [1.165, 1.54) is 0 Å². The molecule has 0 aromatic rings. The third kappa shape index (κ3) is 3.41. The third-order valence-corrected chi connectivity index (χ3v) is 5.34. The number of rotatable bonds is 3. The quantitative estimate of drug-likeness (QED) is 0.791. The Morgan fingerprint density at radius 1 is 1.29 bits per heavy atom. The molecule has 1 spiro atoms. The molecule has 3 rings (SSSR count). The summed E-state index contributed by atoms with van der Waals surface area (Å²) < 4.78 is 16.4. The van der Waals surface area contributed by atoms with Crippen molar-refractivity contribution >= 4 is 5.91 Å². The van der Waals surface area contributed by atoms with Crippen molar-refractivity contribution in [1.82, 2.24) is 4.90 Å². The van der Waals surface area contributed by atoms with Crippen LogP contribution in [0.3, 0.4) is 0 Å². The molecule has 120 valence electrons. The van der Waals surface area contributed by atoms with Crippen LogP contribution in [0.1, 0.15) is 32.1 Å². The average molecular weight is 297 g/mol. The van der Waals surface area contributed by atoms with Gasteiger partial charge in [0.05, 0.1) is 19.3 Å². The van der Waals surface area contributed by atoms with E-state index in [9.17, 15) is 4.79 Å². The van der Waals surface area contributed by atoms with Crippen LogP contribution in [0.25, 0.3) is 0 Å². The van der Waals surface area contributed by atoms with Gasteiger partial charge in [0.2, 0.25) is 5.91 Å². The van der Waals surface area contributed by atoms with Gasteiger partial charge in [0.1, 0.15) is 0 Å². The van der Waals surface area contributed by atoms with Gasteiger partial charge in [-0.2, -0.15) is 0 Å². The number of hydrogen-bond donors (Lipinski definition) is 0. The number of likely N-dealkylation sites (tertiary alicyclic amines) is 1. The lowest BCUT2D eigenvalue weighted by Crippen LogP contribution is -2.46. The molecular formula is C16H27NO4. The Bertz CT molecular complexity index is 359. The van der Waals surface area contributed by atoms with Gasteiger partial charge < -0.3 is 19.1 Å². The Morgan fingerprint density at radius 3 is 2.67 bits per heavy atom. The Labute approximate surface area is 126 Å². The van der Waals surface area contributed by atoms with Crippen LogP contribution in [0.2, 0.25) is 0 Å². The minimum Gasteiger partial charge on any atom is -0.382 e. The number of carbonyl (C=O) groups excluding carboxylic acids is 1. The third-order valence-electron chi connectivity index (χ3n) is 5.34. The minimum absolute atomic E-state index is 0.189. The molecule has 0 unspecified atom stereocenters. The first-order valence-electron chi connectivity index (χ1n) is 8.19. The molecule has 1 amide bonds. The molecular weight excluding hydrogens is 270 g/mol. The summed E-state index contributed by atoms with van der Waals surface area (Å²) >= 11 is 0. The summed E-state index contributed by atoms with van der Waals surface area (Å²) in [6, 6.07) is 0. The van der Waals surface area contributed by atoms with Gasteiger partial charge in [-0.05, 0) is 37.5 Å². The van der Waals surface area contributed by atoms with Crippen molar-refractivity contribution in [2.75, 3.05) is 46.6 Å². The Kier molecular flexibility index (Phi) is 4.82. The van der Waals surface area contributed by atoms with E-state index in [4.69, 9.17) is 14.2 Å². The molecule has 0 aliphatic carbocycles. The van der Waals surface area contributed by atoms with Gasteiger partial charge in [0.25, 0.3) is 0 Å². The summed E-state index contributed by atoms with van der Waals surface area (Å²) in [5.41, 5.74) is 0.287. The maximum atomic E-state index is 12.5. The first kappa shape index (κ1) is 15.3. The normalized spacial score (nSPS) is 30.0. The molecule has 21 heavy (non-hydrogen) atoms. The molecule has 0 aromatic carbocycles. The maximum absolute atomic E-state index is 12.5. The smallest absolute Gasteiger partial charge is 0.225 e. The van der Waals surface area contributed by atoms with Gasteiger partial charge in [-0.1, -0.05) is 0 Å². The zero-order valence-electron chi connectivity index (χ0n) is 13.0. The van der Waals surface area contributed by atoms with E-state index < -0.39 is 0 Å². The number of nitrogens with zero attached hydrogens (tertiary/aromatic N) is 1. The maximum Gasteiger partial charge on any atom is 0.225 e. The van der Waals surface area contributed by atoms with E-state index in [-0.39, 0.29) is 17.4 Å². The molecule has 3 fully saturated rings. The molecule has 0 aromatic heterocycles. The van der Waals surface area contributed by atoms with Gasteiger partial charge in [-0.15, -0.1) is 0 Å². The number of piperidine rings is 1. The lowest BCUT2D eigenvalue weighted by Gasteiger charge is -2.40. The highest BCUT2D eigenvalue weighted by atomic mass is 16.5.